The molecule has 1 N–H and O–H groups in total. The zero-order chi connectivity index (χ0) is 25.6. The van der Waals surface area contributed by atoms with Crippen LogP contribution in [0.25, 0.3) is 28.9 Å². The molecule has 0 saturated carbocycles. The van der Waals surface area contributed by atoms with Crippen LogP contribution in [0.5, 0.6) is 0 Å². The molecule has 4 aromatic rings. The van der Waals surface area contributed by atoms with Crippen LogP contribution in [0.1, 0.15) is 65.2 Å². The molecular weight excluding hydrogens is 453 g/mol. The lowest BCUT2D eigenvalue weighted by molar-refractivity contribution is -0.132. The van der Waals surface area contributed by atoms with Crippen LogP contribution >= 0.6 is 0 Å². The largest absolute Gasteiger partial charge is 0.478 e. The van der Waals surface area contributed by atoms with Crippen LogP contribution in [0.15, 0.2) is 48.0 Å². The van der Waals surface area contributed by atoms with Crippen LogP contribution in [0.2, 0.25) is 0 Å². The molecule has 0 radical (unpaired) electrons. The Morgan fingerprint density at radius 2 is 1.75 bits per heavy atom. The Morgan fingerprint density at radius 1 is 0.972 bits per heavy atom. The first kappa shape index (κ1) is 23.7. The minimum Gasteiger partial charge on any atom is -0.478 e. The van der Waals surface area contributed by atoms with Crippen molar-refractivity contribution in [2.45, 2.75) is 47.1 Å². The maximum Gasteiger partial charge on any atom is 0.332 e. The van der Waals surface area contributed by atoms with Crippen molar-refractivity contribution in [3.8, 4) is 0 Å². The van der Waals surface area contributed by atoms with Gasteiger partial charge in [-0.2, -0.15) is 0 Å². The topological polar surface area (TPSA) is 68.0 Å². The molecule has 182 valence electrons. The SMILES string of the molecule is CCC(C(=O)O)=C1c2ccc(Cn3c(CC)nc4c(C)cc(C)nc43)cc2C=Cc2ccc(F)cc21. The molecule has 36 heavy (non-hydrogen) atoms. The Kier molecular flexibility index (Phi) is 6.04. The molecule has 0 atom stereocenters. The number of pyridine rings is 1. The summed E-state index contributed by atoms with van der Waals surface area (Å²) >= 11 is 0. The zero-order valence-corrected chi connectivity index (χ0v) is 20.9. The number of halogens is 1. The van der Waals surface area contributed by atoms with E-state index in [9.17, 15) is 14.3 Å². The van der Waals surface area contributed by atoms with Gasteiger partial charge in [0.25, 0.3) is 0 Å². The third-order valence-corrected chi connectivity index (χ3v) is 6.78. The van der Waals surface area contributed by atoms with Crippen molar-refractivity contribution in [2.75, 3.05) is 0 Å². The Labute approximate surface area is 209 Å². The van der Waals surface area contributed by atoms with Gasteiger partial charge in [0.2, 0.25) is 0 Å². The summed E-state index contributed by atoms with van der Waals surface area (Å²) in [5, 5.41) is 9.98. The second kappa shape index (κ2) is 9.19. The molecule has 0 saturated heterocycles. The highest BCUT2D eigenvalue weighted by atomic mass is 19.1. The quantitative estimate of drug-likeness (QED) is 0.288. The van der Waals surface area contributed by atoms with Crippen molar-refractivity contribution in [3.63, 3.8) is 0 Å². The van der Waals surface area contributed by atoms with Crippen LogP contribution in [0, 0.1) is 19.7 Å². The van der Waals surface area contributed by atoms with Crippen molar-refractivity contribution in [1.29, 1.82) is 0 Å². The van der Waals surface area contributed by atoms with Gasteiger partial charge < -0.3 is 9.67 Å². The van der Waals surface area contributed by atoms with Crippen LogP contribution in [0.3, 0.4) is 0 Å². The van der Waals surface area contributed by atoms with E-state index in [1.54, 1.807) is 6.07 Å². The monoisotopic (exact) mass is 481 g/mol. The first-order valence-electron chi connectivity index (χ1n) is 12.2. The molecule has 0 bridgehead atoms. The molecule has 0 unspecified atom stereocenters. The maximum absolute atomic E-state index is 14.3. The summed E-state index contributed by atoms with van der Waals surface area (Å²) in [5.74, 6) is -0.411. The van der Waals surface area contributed by atoms with Gasteiger partial charge in [-0.05, 0) is 77.9 Å². The first-order valence-corrected chi connectivity index (χ1v) is 12.2. The highest BCUT2D eigenvalue weighted by molar-refractivity contribution is 6.05. The molecular formula is C30H28FN3O2. The number of aryl methyl sites for hydroxylation is 3. The summed E-state index contributed by atoms with van der Waals surface area (Å²) in [7, 11) is 0. The van der Waals surface area contributed by atoms with E-state index in [1.165, 1.54) is 12.1 Å². The Balaban J connectivity index is 1.68. The number of carboxylic acid groups (broad SMARTS) is 1. The summed E-state index contributed by atoms with van der Waals surface area (Å²) < 4.78 is 16.4. The number of carboxylic acids is 1. The molecule has 2 aromatic carbocycles. The van der Waals surface area contributed by atoms with Gasteiger partial charge in [-0.1, -0.05) is 44.2 Å². The van der Waals surface area contributed by atoms with Crippen LogP contribution in [0.4, 0.5) is 4.39 Å². The number of hydrogen-bond donors (Lipinski definition) is 1. The van der Waals surface area contributed by atoms with Crippen molar-refractivity contribution in [1.82, 2.24) is 14.5 Å². The van der Waals surface area contributed by atoms with E-state index in [0.717, 1.165) is 56.9 Å². The molecule has 1 aliphatic carbocycles. The highest BCUT2D eigenvalue weighted by Crippen LogP contribution is 2.38. The molecule has 0 amide bonds. The molecule has 0 aliphatic heterocycles. The number of benzene rings is 2. The third kappa shape index (κ3) is 4.02. The van der Waals surface area contributed by atoms with Crippen LogP contribution < -0.4 is 0 Å². The van der Waals surface area contributed by atoms with Crippen LogP contribution in [-0.4, -0.2) is 25.6 Å². The number of aliphatic carboxylic acids is 1. The molecule has 5 nitrogen and oxygen atoms in total. The Bertz CT molecular complexity index is 1590. The van der Waals surface area contributed by atoms with Gasteiger partial charge in [-0.3, -0.25) is 0 Å². The van der Waals surface area contributed by atoms with Gasteiger partial charge in [-0.25, -0.2) is 19.2 Å². The molecule has 0 fully saturated rings. The van der Waals surface area contributed by atoms with E-state index in [2.05, 4.69) is 30.5 Å². The second-order valence-electron chi connectivity index (χ2n) is 9.22. The lowest BCUT2D eigenvalue weighted by Crippen LogP contribution is -2.08. The lowest BCUT2D eigenvalue weighted by atomic mass is 9.88. The fourth-order valence-corrected chi connectivity index (χ4v) is 5.12. The summed E-state index contributed by atoms with van der Waals surface area (Å²) in [6.45, 7) is 8.55. The van der Waals surface area contributed by atoms with Gasteiger partial charge in [0.15, 0.2) is 5.65 Å². The fraction of sp³-hybridized carbons (Fsp3) is 0.233. The zero-order valence-electron chi connectivity index (χ0n) is 20.9. The smallest absolute Gasteiger partial charge is 0.332 e. The number of carbonyl (C=O) groups is 1. The van der Waals surface area contributed by atoms with Crippen molar-refractivity contribution >= 4 is 34.9 Å². The molecule has 0 spiro atoms. The third-order valence-electron chi connectivity index (χ3n) is 6.78. The van der Waals surface area contributed by atoms with Gasteiger partial charge in [0, 0.05) is 23.3 Å². The standard InChI is InChI=1S/C30H28FN3O2/c1-5-23(30(35)36)27-24-12-7-19(14-21(24)9-8-20-10-11-22(31)15-25(20)27)16-34-26(6-2)33-28-17(3)13-18(4)32-29(28)34/h7-15H,5-6,16H2,1-4H3,(H,35,36). The minimum atomic E-state index is -0.992. The second-order valence-corrected chi connectivity index (χ2v) is 9.22. The number of rotatable bonds is 5. The van der Waals surface area contributed by atoms with Gasteiger partial charge in [0.1, 0.15) is 17.2 Å². The highest BCUT2D eigenvalue weighted by Gasteiger charge is 2.23. The maximum atomic E-state index is 14.3. The fourth-order valence-electron chi connectivity index (χ4n) is 5.12. The molecule has 1 aliphatic rings. The van der Waals surface area contributed by atoms with E-state index in [0.29, 0.717) is 24.1 Å². The molecule has 5 rings (SSSR count). The number of aromatic nitrogens is 3. The predicted molar refractivity (Wildman–Crippen MR) is 141 cm³/mol. The number of imidazole rings is 1. The van der Waals surface area contributed by atoms with E-state index in [4.69, 9.17) is 9.97 Å². The summed E-state index contributed by atoms with van der Waals surface area (Å²) in [6, 6.07) is 12.6. The lowest BCUT2D eigenvalue weighted by Gasteiger charge is -2.17. The van der Waals surface area contributed by atoms with Gasteiger partial charge >= 0.3 is 5.97 Å². The van der Waals surface area contributed by atoms with E-state index < -0.39 is 11.8 Å². The molecule has 2 heterocycles. The van der Waals surface area contributed by atoms with Crippen LogP contribution in [-0.2, 0) is 17.8 Å². The van der Waals surface area contributed by atoms with Crippen molar-refractivity contribution < 1.29 is 14.3 Å². The summed E-state index contributed by atoms with van der Waals surface area (Å²) in [5.41, 5.74) is 8.82. The average molecular weight is 482 g/mol. The predicted octanol–water partition coefficient (Wildman–Crippen LogP) is 6.58. The van der Waals surface area contributed by atoms with E-state index in [-0.39, 0.29) is 5.57 Å². The number of fused-ring (bicyclic) bond motifs is 3. The normalized spacial score (nSPS) is 13.9. The minimum absolute atomic E-state index is 0.267. The van der Waals surface area contributed by atoms with E-state index in [1.807, 2.05) is 38.1 Å². The molecule has 6 heteroatoms. The average Bonchev–Trinajstić information content (AvgIpc) is 3.11. The van der Waals surface area contributed by atoms with Gasteiger partial charge in [0.05, 0.1) is 6.54 Å². The van der Waals surface area contributed by atoms with Crippen molar-refractivity contribution in [3.05, 3.63) is 98.8 Å². The van der Waals surface area contributed by atoms with Gasteiger partial charge in [-0.15, -0.1) is 0 Å². The summed E-state index contributed by atoms with van der Waals surface area (Å²) in [6.07, 6.45) is 5.02. The first-order chi connectivity index (χ1) is 17.3. The van der Waals surface area contributed by atoms with E-state index >= 15 is 0 Å². The number of nitrogens with zero attached hydrogens (tertiary/aromatic N) is 3. The molecule has 2 aromatic heterocycles. The van der Waals surface area contributed by atoms with Crippen molar-refractivity contribution in [2.24, 2.45) is 0 Å². The number of hydrogen-bond acceptors (Lipinski definition) is 3. The Morgan fingerprint density at radius 3 is 2.47 bits per heavy atom. The Hall–Kier alpha value is -4.06. The summed E-state index contributed by atoms with van der Waals surface area (Å²) in [4.78, 5) is 21.8.